The van der Waals surface area contributed by atoms with Gasteiger partial charge in [-0.2, -0.15) is 0 Å². The van der Waals surface area contributed by atoms with Gasteiger partial charge in [0.1, 0.15) is 0 Å². The van der Waals surface area contributed by atoms with Crippen LogP contribution in [0.4, 0.5) is 0 Å². The standard InChI is InChI=1S/C12H12N2O5/c1-18-5-6-3-8-9(4-7(6)12(17)19-2)14-11(16)10(15)13-8/h3-4H,5H2,1-2H3,(H,13,15)(H,14,16). The van der Waals surface area contributed by atoms with E-state index in [2.05, 4.69) is 14.7 Å². The van der Waals surface area contributed by atoms with Crippen LogP contribution in [0, 0.1) is 0 Å². The Bertz CT molecular complexity index is 744. The molecule has 2 rings (SSSR count). The lowest BCUT2D eigenvalue weighted by molar-refractivity contribution is 0.0596. The third kappa shape index (κ3) is 2.41. The van der Waals surface area contributed by atoms with Crippen molar-refractivity contribution < 1.29 is 14.3 Å². The Balaban J connectivity index is 2.76. The Hall–Kier alpha value is -2.41. The number of esters is 1. The van der Waals surface area contributed by atoms with Crippen molar-refractivity contribution in [3.8, 4) is 0 Å². The lowest BCUT2D eigenvalue weighted by Crippen LogP contribution is -2.29. The van der Waals surface area contributed by atoms with Crippen LogP contribution in [0.25, 0.3) is 11.0 Å². The van der Waals surface area contributed by atoms with Gasteiger partial charge < -0.3 is 19.4 Å². The highest BCUT2D eigenvalue weighted by Gasteiger charge is 2.14. The minimum absolute atomic E-state index is 0.182. The zero-order chi connectivity index (χ0) is 14.0. The minimum atomic E-state index is -0.775. The molecule has 0 saturated carbocycles. The predicted octanol–water partition coefficient (Wildman–Crippen LogP) is 0.149. The average Bonchev–Trinajstić information content (AvgIpc) is 2.39. The summed E-state index contributed by atoms with van der Waals surface area (Å²) in [5.41, 5.74) is 0.0859. The molecular weight excluding hydrogens is 252 g/mol. The molecule has 0 aliphatic rings. The van der Waals surface area contributed by atoms with E-state index in [0.717, 1.165) is 0 Å². The molecule has 1 heterocycles. The molecule has 0 fully saturated rings. The highest BCUT2D eigenvalue weighted by molar-refractivity contribution is 5.95. The largest absolute Gasteiger partial charge is 0.465 e. The second-order valence-electron chi connectivity index (χ2n) is 3.89. The Morgan fingerprint density at radius 2 is 1.68 bits per heavy atom. The van der Waals surface area contributed by atoms with Gasteiger partial charge in [0.2, 0.25) is 0 Å². The van der Waals surface area contributed by atoms with Crippen LogP contribution >= 0.6 is 0 Å². The van der Waals surface area contributed by atoms with E-state index in [1.807, 2.05) is 0 Å². The first-order chi connectivity index (χ1) is 9.06. The molecule has 7 heteroatoms. The topological polar surface area (TPSA) is 101 Å². The predicted molar refractivity (Wildman–Crippen MR) is 67.2 cm³/mol. The minimum Gasteiger partial charge on any atom is -0.465 e. The maximum absolute atomic E-state index is 11.7. The molecule has 2 aromatic rings. The van der Waals surface area contributed by atoms with Crippen molar-refractivity contribution in [2.75, 3.05) is 14.2 Å². The summed E-state index contributed by atoms with van der Waals surface area (Å²) >= 11 is 0. The Morgan fingerprint density at radius 3 is 2.21 bits per heavy atom. The van der Waals surface area contributed by atoms with Crippen molar-refractivity contribution in [2.24, 2.45) is 0 Å². The fourth-order valence-corrected chi connectivity index (χ4v) is 1.78. The Kier molecular flexibility index (Phi) is 3.48. The molecule has 0 bridgehead atoms. The van der Waals surface area contributed by atoms with Crippen molar-refractivity contribution in [1.29, 1.82) is 0 Å². The van der Waals surface area contributed by atoms with Crippen molar-refractivity contribution in [2.45, 2.75) is 6.61 Å². The van der Waals surface area contributed by atoms with Gasteiger partial charge >= 0.3 is 17.1 Å². The third-order valence-electron chi connectivity index (χ3n) is 2.65. The van der Waals surface area contributed by atoms with E-state index in [4.69, 9.17) is 4.74 Å². The SMILES string of the molecule is COCc1cc2[nH]c(=O)c(=O)[nH]c2cc1C(=O)OC. The number of fused-ring (bicyclic) bond motifs is 1. The number of rotatable bonds is 3. The van der Waals surface area contributed by atoms with Crippen LogP contribution in [-0.2, 0) is 16.1 Å². The van der Waals surface area contributed by atoms with Gasteiger partial charge in [-0.05, 0) is 17.7 Å². The van der Waals surface area contributed by atoms with Crippen LogP contribution in [0.2, 0.25) is 0 Å². The summed E-state index contributed by atoms with van der Waals surface area (Å²) in [5, 5.41) is 0. The number of hydrogen-bond acceptors (Lipinski definition) is 5. The first-order valence-corrected chi connectivity index (χ1v) is 5.43. The van der Waals surface area contributed by atoms with E-state index in [1.54, 1.807) is 6.07 Å². The van der Waals surface area contributed by atoms with Crippen molar-refractivity contribution >= 4 is 17.0 Å². The lowest BCUT2D eigenvalue weighted by Gasteiger charge is -2.08. The van der Waals surface area contributed by atoms with Crippen molar-refractivity contribution in [3.63, 3.8) is 0 Å². The number of carbonyl (C=O) groups excluding carboxylic acids is 1. The second-order valence-corrected chi connectivity index (χ2v) is 3.89. The normalized spacial score (nSPS) is 10.6. The smallest absolute Gasteiger partial charge is 0.338 e. The molecule has 7 nitrogen and oxygen atoms in total. The number of hydrogen-bond donors (Lipinski definition) is 2. The molecule has 0 atom stereocenters. The lowest BCUT2D eigenvalue weighted by atomic mass is 10.1. The number of benzene rings is 1. The zero-order valence-corrected chi connectivity index (χ0v) is 10.4. The number of ether oxygens (including phenoxy) is 2. The molecule has 0 spiro atoms. The molecule has 0 aliphatic heterocycles. The summed E-state index contributed by atoms with van der Waals surface area (Å²) in [6.45, 7) is 0.182. The van der Waals surface area contributed by atoms with Crippen molar-refractivity contribution in [3.05, 3.63) is 44.0 Å². The summed E-state index contributed by atoms with van der Waals surface area (Å²) < 4.78 is 9.66. The quantitative estimate of drug-likeness (QED) is 0.607. The van der Waals surface area contributed by atoms with E-state index < -0.39 is 17.1 Å². The number of nitrogens with one attached hydrogen (secondary N) is 2. The molecule has 0 aliphatic carbocycles. The summed E-state index contributed by atoms with van der Waals surface area (Å²) in [7, 11) is 2.75. The average molecular weight is 264 g/mol. The van der Waals surface area contributed by atoms with E-state index in [1.165, 1.54) is 20.3 Å². The summed E-state index contributed by atoms with van der Waals surface area (Å²) in [5.74, 6) is -0.541. The van der Waals surface area contributed by atoms with Gasteiger partial charge in [0, 0.05) is 7.11 Å². The fourth-order valence-electron chi connectivity index (χ4n) is 1.78. The summed E-state index contributed by atoms with van der Waals surface area (Å²) in [6, 6.07) is 3.02. The summed E-state index contributed by atoms with van der Waals surface area (Å²) in [4.78, 5) is 39.0. The highest BCUT2D eigenvalue weighted by Crippen LogP contribution is 2.17. The van der Waals surface area contributed by atoms with Crippen LogP contribution in [0.3, 0.4) is 0 Å². The van der Waals surface area contributed by atoms with Crippen molar-refractivity contribution in [1.82, 2.24) is 9.97 Å². The molecule has 100 valence electrons. The number of methoxy groups -OCH3 is 2. The van der Waals surface area contributed by atoms with Crippen LogP contribution < -0.4 is 11.1 Å². The molecule has 19 heavy (non-hydrogen) atoms. The number of H-pyrrole nitrogens is 2. The van der Waals surface area contributed by atoms with Crippen LogP contribution in [-0.4, -0.2) is 30.2 Å². The molecule has 0 saturated heterocycles. The third-order valence-corrected chi connectivity index (χ3v) is 2.65. The second kappa shape index (κ2) is 5.07. The molecule has 2 N–H and O–H groups in total. The molecular formula is C12H12N2O5. The van der Waals surface area contributed by atoms with Gasteiger partial charge in [-0.15, -0.1) is 0 Å². The van der Waals surface area contributed by atoms with Crippen LogP contribution in [0.5, 0.6) is 0 Å². The molecule has 0 amide bonds. The van der Waals surface area contributed by atoms with E-state index in [9.17, 15) is 14.4 Å². The van der Waals surface area contributed by atoms with Gasteiger partial charge in [-0.25, -0.2) is 4.79 Å². The van der Waals surface area contributed by atoms with Gasteiger partial charge in [-0.3, -0.25) is 9.59 Å². The maximum Gasteiger partial charge on any atom is 0.338 e. The summed E-state index contributed by atoms with van der Waals surface area (Å²) in [6.07, 6.45) is 0. The first-order valence-electron chi connectivity index (χ1n) is 5.43. The monoisotopic (exact) mass is 264 g/mol. The molecule has 0 unspecified atom stereocenters. The fraction of sp³-hybridized carbons (Fsp3) is 0.250. The van der Waals surface area contributed by atoms with Gasteiger partial charge in [0.25, 0.3) is 0 Å². The number of aromatic amines is 2. The Labute approximate surface area is 107 Å². The van der Waals surface area contributed by atoms with E-state index in [-0.39, 0.29) is 12.2 Å². The zero-order valence-electron chi connectivity index (χ0n) is 10.4. The first kappa shape index (κ1) is 13.0. The van der Waals surface area contributed by atoms with Crippen LogP contribution in [0.15, 0.2) is 21.7 Å². The van der Waals surface area contributed by atoms with Gasteiger partial charge in [0.05, 0.1) is 30.3 Å². The Morgan fingerprint density at radius 1 is 1.11 bits per heavy atom. The van der Waals surface area contributed by atoms with Crippen LogP contribution in [0.1, 0.15) is 15.9 Å². The molecule has 1 aromatic carbocycles. The van der Waals surface area contributed by atoms with E-state index >= 15 is 0 Å². The van der Waals surface area contributed by atoms with Gasteiger partial charge in [-0.1, -0.05) is 0 Å². The number of aromatic nitrogens is 2. The maximum atomic E-state index is 11.7. The van der Waals surface area contributed by atoms with E-state index in [0.29, 0.717) is 16.6 Å². The molecule has 1 aromatic heterocycles. The van der Waals surface area contributed by atoms with Gasteiger partial charge in [0.15, 0.2) is 0 Å². The highest BCUT2D eigenvalue weighted by atomic mass is 16.5. The molecule has 0 radical (unpaired) electrons. The number of carbonyl (C=O) groups is 1.